The van der Waals surface area contributed by atoms with E-state index >= 15 is 0 Å². The van der Waals surface area contributed by atoms with E-state index in [0.717, 1.165) is 31.6 Å². The fourth-order valence-corrected chi connectivity index (χ4v) is 2.93. The molecular formula is C16H16ClF3N4O4S. The minimum Gasteiger partial charge on any atom is -0.353 e. The van der Waals surface area contributed by atoms with Gasteiger partial charge in [-0.1, -0.05) is 11.6 Å². The Kier molecular flexibility index (Phi) is 6.60. The number of carbonyl (C=O) groups is 1. The van der Waals surface area contributed by atoms with Crippen LogP contribution in [-0.4, -0.2) is 39.7 Å². The van der Waals surface area contributed by atoms with Crippen LogP contribution in [0.25, 0.3) is 0 Å². The molecule has 1 aromatic heterocycles. The Morgan fingerprint density at radius 3 is 2.45 bits per heavy atom. The first kappa shape index (κ1) is 22.7. The summed E-state index contributed by atoms with van der Waals surface area (Å²) in [6.07, 6.45) is -2.71. The molecular weight excluding hydrogens is 437 g/mol. The third-order valence-electron chi connectivity index (χ3n) is 3.74. The second kappa shape index (κ2) is 8.43. The fraction of sp³-hybridized carbons (Fsp3) is 0.250. The van der Waals surface area contributed by atoms with Gasteiger partial charge in [0.15, 0.2) is 0 Å². The number of pyridine rings is 1. The van der Waals surface area contributed by atoms with Gasteiger partial charge in [0.05, 0.1) is 41.6 Å². The number of halogens is 4. The second-order valence-corrected chi connectivity index (χ2v) is 8.17. The van der Waals surface area contributed by atoms with Gasteiger partial charge in [0.1, 0.15) is 5.15 Å². The molecule has 0 aliphatic rings. The standard InChI is InChI=1S/C16H16ClF3N4O4S/c1-24(29(3,26)27)13-6-9(16(18,19)20)4-5-11(13)22-12-7-14(17)21-8-10(12)15(25)23-28-2/h4-8H,1-3H3,(H,21,22)(H,23,25). The number of rotatable bonds is 6. The van der Waals surface area contributed by atoms with Gasteiger partial charge in [-0.3, -0.25) is 13.9 Å². The number of alkyl halides is 3. The molecule has 13 heteroatoms. The van der Waals surface area contributed by atoms with Gasteiger partial charge >= 0.3 is 6.18 Å². The Labute approximate surface area is 169 Å². The number of hydrogen-bond donors (Lipinski definition) is 2. The monoisotopic (exact) mass is 452 g/mol. The number of sulfonamides is 1. The molecule has 1 heterocycles. The summed E-state index contributed by atoms with van der Waals surface area (Å²) in [5.41, 5.74) is 0.774. The molecule has 0 unspecified atom stereocenters. The Morgan fingerprint density at radius 1 is 1.24 bits per heavy atom. The predicted octanol–water partition coefficient (Wildman–Crippen LogP) is 3.18. The van der Waals surface area contributed by atoms with Crippen molar-refractivity contribution in [3.63, 3.8) is 0 Å². The Balaban J connectivity index is 2.61. The number of amides is 1. The number of aromatic nitrogens is 1. The SMILES string of the molecule is CONC(=O)c1cnc(Cl)cc1Nc1ccc(C(F)(F)F)cc1N(C)S(C)(=O)=O. The zero-order chi connectivity index (χ0) is 22.0. The molecule has 0 fully saturated rings. The zero-order valence-corrected chi connectivity index (χ0v) is 16.9. The third-order valence-corrected chi connectivity index (χ3v) is 5.14. The number of nitrogens with zero attached hydrogens (tertiary/aromatic N) is 2. The van der Waals surface area contributed by atoms with E-state index in [1.165, 1.54) is 13.2 Å². The lowest BCUT2D eigenvalue weighted by atomic mass is 10.1. The maximum atomic E-state index is 13.1. The summed E-state index contributed by atoms with van der Waals surface area (Å²) in [5.74, 6) is -0.705. The molecule has 1 amide bonds. The first-order chi connectivity index (χ1) is 13.3. The van der Waals surface area contributed by atoms with Crippen molar-refractivity contribution in [1.82, 2.24) is 10.5 Å². The van der Waals surface area contributed by atoms with Crippen LogP contribution in [0.2, 0.25) is 5.15 Å². The van der Waals surface area contributed by atoms with Crippen LogP contribution >= 0.6 is 11.6 Å². The summed E-state index contributed by atoms with van der Waals surface area (Å²) >= 11 is 5.86. The minimum atomic E-state index is -4.69. The van der Waals surface area contributed by atoms with Crippen LogP contribution in [-0.2, 0) is 21.0 Å². The highest BCUT2D eigenvalue weighted by Crippen LogP contribution is 2.37. The van der Waals surface area contributed by atoms with Crippen molar-refractivity contribution in [2.24, 2.45) is 0 Å². The van der Waals surface area contributed by atoms with Gasteiger partial charge in [-0.25, -0.2) is 18.9 Å². The van der Waals surface area contributed by atoms with Crippen LogP contribution in [0, 0.1) is 0 Å². The molecule has 29 heavy (non-hydrogen) atoms. The highest BCUT2D eigenvalue weighted by Gasteiger charge is 2.32. The van der Waals surface area contributed by atoms with E-state index < -0.39 is 27.7 Å². The van der Waals surface area contributed by atoms with Crippen molar-refractivity contribution in [3.05, 3.63) is 46.7 Å². The largest absolute Gasteiger partial charge is 0.416 e. The fourth-order valence-electron chi connectivity index (χ4n) is 2.26. The zero-order valence-electron chi connectivity index (χ0n) is 15.3. The topological polar surface area (TPSA) is 101 Å². The molecule has 0 bridgehead atoms. The summed E-state index contributed by atoms with van der Waals surface area (Å²) in [5, 5.41) is 2.73. The van der Waals surface area contributed by atoms with Crippen molar-refractivity contribution < 1.29 is 31.2 Å². The molecule has 2 N–H and O–H groups in total. The van der Waals surface area contributed by atoms with Crippen molar-refractivity contribution in [1.29, 1.82) is 0 Å². The van der Waals surface area contributed by atoms with Gasteiger partial charge < -0.3 is 5.32 Å². The summed E-state index contributed by atoms with van der Waals surface area (Å²) in [6.45, 7) is 0. The lowest BCUT2D eigenvalue weighted by Gasteiger charge is -2.23. The van der Waals surface area contributed by atoms with E-state index in [-0.39, 0.29) is 27.8 Å². The quantitative estimate of drug-likeness (QED) is 0.515. The molecule has 0 saturated carbocycles. The van der Waals surface area contributed by atoms with Gasteiger partial charge in [-0.2, -0.15) is 13.2 Å². The highest BCUT2D eigenvalue weighted by molar-refractivity contribution is 7.92. The molecule has 0 aliphatic heterocycles. The van der Waals surface area contributed by atoms with Gasteiger partial charge in [0.2, 0.25) is 10.0 Å². The molecule has 0 atom stereocenters. The number of carbonyl (C=O) groups excluding carboxylic acids is 1. The Hall–Kier alpha value is -2.57. The number of hydrogen-bond acceptors (Lipinski definition) is 6. The lowest BCUT2D eigenvalue weighted by Crippen LogP contribution is -2.26. The van der Waals surface area contributed by atoms with Gasteiger partial charge in [0, 0.05) is 13.2 Å². The van der Waals surface area contributed by atoms with Crippen LogP contribution in [0.3, 0.4) is 0 Å². The molecule has 2 rings (SSSR count). The third kappa shape index (κ3) is 5.49. The van der Waals surface area contributed by atoms with Gasteiger partial charge in [-0.05, 0) is 24.3 Å². The van der Waals surface area contributed by atoms with Crippen molar-refractivity contribution in [2.45, 2.75) is 6.18 Å². The molecule has 8 nitrogen and oxygen atoms in total. The molecule has 2 aromatic rings. The van der Waals surface area contributed by atoms with Gasteiger partial charge in [-0.15, -0.1) is 0 Å². The maximum Gasteiger partial charge on any atom is 0.416 e. The van der Waals surface area contributed by atoms with Crippen LogP contribution in [0.5, 0.6) is 0 Å². The van der Waals surface area contributed by atoms with E-state index in [1.807, 2.05) is 0 Å². The molecule has 1 aromatic carbocycles. The smallest absolute Gasteiger partial charge is 0.353 e. The first-order valence-electron chi connectivity index (χ1n) is 7.75. The lowest BCUT2D eigenvalue weighted by molar-refractivity contribution is -0.137. The highest BCUT2D eigenvalue weighted by atomic mass is 35.5. The van der Waals surface area contributed by atoms with Crippen LogP contribution in [0.4, 0.5) is 30.2 Å². The first-order valence-corrected chi connectivity index (χ1v) is 9.98. The number of nitrogens with one attached hydrogen (secondary N) is 2. The average Bonchev–Trinajstić information content (AvgIpc) is 2.60. The van der Waals surface area contributed by atoms with Gasteiger partial charge in [0.25, 0.3) is 5.91 Å². The number of hydroxylamine groups is 1. The number of benzene rings is 1. The summed E-state index contributed by atoms with van der Waals surface area (Å²) in [4.78, 5) is 20.5. The van der Waals surface area contributed by atoms with E-state index in [2.05, 4.69) is 20.6 Å². The Morgan fingerprint density at radius 2 is 1.90 bits per heavy atom. The Bertz CT molecular complexity index is 1030. The van der Waals surface area contributed by atoms with Crippen molar-refractivity contribution >= 4 is 44.6 Å². The molecule has 0 saturated heterocycles. The molecule has 0 spiro atoms. The van der Waals surface area contributed by atoms with E-state index in [4.69, 9.17) is 11.6 Å². The van der Waals surface area contributed by atoms with E-state index in [9.17, 15) is 26.4 Å². The summed E-state index contributed by atoms with van der Waals surface area (Å²) in [6, 6.07) is 3.76. The molecule has 0 radical (unpaired) electrons. The number of anilines is 3. The molecule has 0 aliphatic carbocycles. The van der Waals surface area contributed by atoms with Crippen molar-refractivity contribution in [2.75, 3.05) is 30.0 Å². The summed E-state index contributed by atoms with van der Waals surface area (Å²) in [7, 11) is -1.57. The molecule has 158 valence electrons. The van der Waals surface area contributed by atoms with E-state index in [1.54, 1.807) is 0 Å². The average molecular weight is 453 g/mol. The minimum absolute atomic E-state index is 0.00797. The summed E-state index contributed by atoms with van der Waals surface area (Å²) < 4.78 is 63.9. The second-order valence-electron chi connectivity index (χ2n) is 5.77. The maximum absolute atomic E-state index is 13.1. The van der Waals surface area contributed by atoms with Crippen molar-refractivity contribution in [3.8, 4) is 0 Å². The van der Waals surface area contributed by atoms with Crippen LogP contribution < -0.4 is 15.1 Å². The van der Waals surface area contributed by atoms with Crippen LogP contribution in [0.1, 0.15) is 15.9 Å². The predicted molar refractivity (Wildman–Crippen MR) is 102 cm³/mol. The normalized spacial score (nSPS) is 11.8. The van der Waals surface area contributed by atoms with E-state index in [0.29, 0.717) is 10.4 Å². The van der Waals surface area contributed by atoms with Crippen LogP contribution in [0.15, 0.2) is 30.5 Å².